The van der Waals surface area contributed by atoms with Gasteiger partial charge in [0.25, 0.3) is 0 Å². The summed E-state index contributed by atoms with van der Waals surface area (Å²) in [5, 5.41) is 12.1. The van der Waals surface area contributed by atoms with E-state index in [1.807, 2.05) is 0 Å². The van der Waals surface area contributed by atoms with Crippen molar-refractivity contribution in [2.45, 2.75) is 19.3 Å². The summed E-state index contributed by atoms with van der Waals surface area (Å²) in [5.74, 6) is -0.527. The average Bonchev–Trinajstić information content (AvgIpc) is 3.20. The second-order valence-corrected chi connectivity index (χ2v) is 5.30. The Hall–Kier alpha value is -1.75. The Bertz CT molecular complexity index is 514. The highest BCUT2D eigenvalue weighted by atomic mass is 35.5. The molecule has 20 heavy (non-hydrogen) atoms. The van der Waals surface area contributed by atoms with Gasteiger partial charge in [-0.25, -0.2) is 0 Å². The van der Waals surface area contributed by atoms with E-state index >= 15 is 0 Å². The lowest BCUT2D eigenvalue weighted by Crippen LogP contribution is -2.34. The van der Waals surface area contributed by atoms with Crippen LogP contribution in [0.15, 0.2) is 24.3 Å². The van der Waals surface area contributed by atoms with Crippen molar-refractivity contribution in [1.82, 2.24) is 5.32 Å². The third kappa shape index (κ3) is 3.63. The highest BCUT2D eigenvalue weighted by Crippen LogP contribution is 2.45. The van der Waals surface area contributed by atoms with E-state index in [0.717, 1.165) is 0 Å². The quantitative estimate of drug-likeness (QED) is 0.808. The maximum absolute atomic E-state index is 11.6. The van der Waals surface area contributed by atoms with Crippen molar-refractivity contribution >= 4 is 23.5 Å². The van der Waals surface area contributed by atoms with E-state index in [0.29, 0.717) is 23.6 Å². The second kappa shape index (κ2) is 6.13. The zero-order valence-electron chi connectivity index (χ0n) is 10.9. The van der Waals surface area contributed by atoms with Crippen LogP contribution < -0.4 is 10.1 Å². The van der Waals surface area contributed by atoms with Crippen molar-refractivity contribution in [1.29, 1.82) is 0 Å². The fraction of sp³-hybridized carbons (Fsp3) is 0.429. The lowest BCUT2D eigenvalue weighted by atomic mass is 10.1. The number of rotatable bonds is 7. The number of hydrogen-bond acceptors (Lipinski definition) is 3. The number of halogens is 1. The van der Waals surface area contributed by atoms with Crippen molar-refractivity contribution in [3.8, 4) is 5.75 Å². The molecule has 0 aromatic heterocycles. The van der Waals surface area contributed by atoms with Gasteiger partial charge in [-0.1, -0.05) is 23.7 Å². The second-order valence-electron chi connectivity index (χ2n) is 4.89. The molecule has 108 valence electrons. The summed E-state index contributed by atoms with van der Waals surface area (Å²) in [6, 6.07) is 7.03. The molecule has 1 aliphatic carbocycles. The molecule has 6 heteroatoms. The van der Waals surface area contributed by atoms with Gasteiger partial charge in [0.2, 0.25) is 5.91 Å². The fourth-order valence-electron chi connectivity index (χ4n) is 1.79. The molecule has 1 aromatic carbocycles. The summed E-state index contributed by atoms with van der Waals surface area (Å²) in [4.78, 5) is 22.5. The van der Waals surface area contributed by atoms with Crippen molar-refractivity contribution in [2.24, 2.45) is 5.41 Å². The van der Waals surface area contributed by atoms with Crippen molar-refractivity contribution < 1.29 is 19.4 Å². The Morgan fingerprint density at radius 2 is 2.05 bits per heavy atom. The molecular formula is C14H16ClNO4. The average molecular weight is 298 g/mol. The number of amides is 1. The number of ether oxygens (including phenoxy) is 1. The van der Waals surface area contributed by atoms with E-state index < -0.39 is 11.4 Å². The molecule has 0 aliphatic heterocycles. The van der Waals surface area contributed by atoms with Crippen LogP contribution in [0.2, 0.25) is 5.02 Å². The van der Waals surface area contributed by atoms with Crippen molar-refractivity contribution in [3.63, 3.8) is 0 Å². The summed E-state index contributed by atoms with van der Waals surface area (Å²) < 4.78 is 5.39. The van der Waals surface area contributed by atoms with Crippen LogP contribution in [0, 0.1) is 5.41 Å². The largest absolute Gasteiger partial charge is 0.491 e. The molecule has 0 saturated heterocycles. The van der Waals surface area contributed by atoms with Gasteiger partial charge < -0.3 is 15.2 Å². The minimum absolute atomic E-state index is 0.168. The molecule has 1 saturated carbocycles. The molecule has 1 aliphatic rings. The predicted octanol–water partition coefficient (Wildman–Crippen LogP) is 2.09. The van der Waals surface area contributed by atoms with Gasteiger partial charge in [0.1, 0.15) is 5.75 Å². The Morgan fingerprint density at radius 1 is 1.35 bits per heavy atom. The van der Waals surface area contributed by atoms with Crippen molar-refractivity contribution in [3.05, 3.63) is 29.3 Å². The molecular weight excluding hydrogens is 282 g/mol. The van der Waals surface area contributed by atoms with Crippen LogP contribution in [0.1, 0.15) is 19.3 Å². The van der Waals surface area contributed by atoms with Crippen LogP contribution in [0.4, 0.5) is 0 Å². The molecule has 0 atom stereocenters. The summed E-state index contributed by atoms with van der Waals surface area (Å²) in [5.41, 5.74) is -0.737. The van der Waals surface area contributed by atoms with Gasteiger partial charge in [-0.05, 0) is 25.0 Å². The van der Waals surface area contributed by atoms with Crippen molar-refractivity contribution in [2.75, 3.05) is 13.2 Å². The summed E-state index contributed by atoms with van der Waals surface area (Å²) in [6.07, 6.45) is 1.42. The minimum Gasteiger partial charge on any atom is -0.491 e. The van der Waals surface area contributed by atoms with Crippen LogP contribution in [0.3, 0.4) is 0 Å². The molecule has 0 radical (unpaired) electrons. The highest BCUT2D eigenvalue weighted by Gasteiger charge is 2.50. The Balaban J connectivity index is 1.68. The van der Waals surface area contributed by atoms with Crippen LogP contribution in [-0.4, -0.2) is 30.1 Å². The molecule has 0 unspecified atom stereocenters. The van der Waals surface area contributed by atoms with Gasteiger partial charge in [0.15, 0.2) is 0 Å². The minimum atomic E-state index is -0.842. The van der Waals surface area contributed by atoms with E-state index in [9.17, 15) is 9.59 Å². The number of nitrogens with one attached hydrogen (secondary N) is 1. The number of carbonyl (C=O) groups excluding carboxylic acids is 1. The van der Waals surface area contributed by atoms with Gasteiger partial charge in [-0.15, -0.1) is 0 Å². The number of hydrogen-bond donors (Lipinski definition) is 2. The topological polar surface area (TPSA) is 75.6 Å². The van der Waals surface area contributed by atoms with Gasteiger partial charge in [-0.2, -0.15) is 0 Å². The third-order valence-corrected chi connectivity index (χ3v) is 3.67. The van der Waals surface area contributed by atoms with Gasteiger partial charge >= 0.3 is 5.97 Å². The van der Waals surface area contributed by atoms with E-state index in [2.05, 4.69) is 5.32 Å². The lowest BCUT2D eigenvalue weighted by molar-refractivity contribution is -0.143. The summed E-state index contributed by atoms with van der Waals surface area (Å²) in [7, 11) is 0. The van der Waals surface area contributed by atoms with E-state index in [1.165, 1.54) is 0 Å². The summed E-state index contributed by atoms with van der Waals surface area (Å²) in [6.45, 7) is 0.392. The molecule has 0 spiro atoms. The molecule has 5 nitrogen and oxygen atoms in total. The van der Waals surface area contributed by atoms with Crippen LogP contribution in [0.5, 0.6) is 5.75 Å². The normalized spacial score (nSPS) is 15.4. The molecule has 0 bridgehead atoms. The SMILES string of the molecule is O=C(CCOc1ccccc1Cl)NCC1(C(=O)O)CC1. The maximum Gasteiger partial charge on any atom is 0.311 e. The van der Waals surface area contributed by atoms with Crippen LogP contribution >= 0.6 is 11.6 Å². The Morgan fingerprint density at radius 3 is 2.65 bits per heavy atom. The van der Waals surface area contributed by atoms with Crippen LogP contribution in [-0.2, 0) is 9.59 Å². The lowest BCUT2D eigenvalue weighted by Gasteiger charge is -2.11. The number of benzene rings is 1. The number of carboxylic acid groups (broad SMARTS) is 1. The first-order valence-corrected chi connectivity index (χ1v) is 6.79. The Labute approximate surface area is 121 Å². The zero-order valence-corrected chi connectivity index (χ0v) is 11.7. The van der Waals surface area contributed by atoms with E-state index in [4.69, 9.17) is 21.4 Å². The van der Waals surface area contributed by atoms with Gasteiger partial charge in [-0.3, -0.25) is 9.59 Å². The number of para-hydroxylation sites is 1. The summed E-state index contributed by atoms with van der Waals surface area (Å²) >= 11 is 5.91. The first kappa shape index (κ1) is 14.7. The standard InChI is InChI=1S/C14H16ClNO4/c15-10-3-1-2-4-11(10)20-8-5-12(17)16-9-14(6-7-14)13(18)19/h1-4H,5-9H2,(H,16,17)(H,18,19). The van der Waals surface area contributed by atoms with Gasteiger partial charge in [0.05, 0.1) is 23.5 Å². The molecule has 0 heterocycles. The smallest absolute Gasteiger partial charge is 0.311 e. The molecule has 2 N–H and O–H groups in total. The number of aliphatic carboxylic acids is 1. The maximum atomic E-state index is 11.6. The Kier molecular flexibility index (Phi) is 4.49. The third-order valence-electron chi connectivity index (χ3n) is 3.35. The highest BCUT2D eigenvalue weighted by molar-refractivity contribution is 6.32. The van der Waals surface area contributed by atoms with Gasteiger partial charge in [0, 0.05) is 6.54 Å². The molecule has 1 amide bonds. The van der Waals surface area contributed by atoms with E-state index in [1.54, 1.807) is 24.3 Å². The first-order valence-electron chi connectivity index (χ1n) is 6.41. The van der Waals surface area contributed by atoms with E-state index in [-0.39, 0.29) is 25.5 Å². The first-order chi connectivity index (χ1) is 9.53. The fourth-order valence-corrected chi connectivity index (χ4v) is 1.98. The zero-order chi connectivity index (χ0) is 14.6. The molecule has 1 aromatic rings. The number of carbonyl (C=O) groups is 2. The monoisotopic (exact) mass is 297 g/mol. The van der Waals surface area contributed by atoms with Crippen LogP contribution in [0.25, 0.3) is 0 Å². The number of carboxylic acids is 1. The molecule has 1 fully saturated rings. The molecule has 2 rings (SSSR count). The predicted molar refractivity (Wildman–Crippen MR) is 73.9 cm³/mol.